The number of allylic oxidation sites excluding steroid dienone is 1. The summed E-state index contributed by atoms with van der Waals surface area (Å²) in [7, 11) is 0. The van der Waals surface area contributed by atoms with Crippen molar-refractivity contribution in [2.75, 3.05) is 11.9 Å². The number of hydrogen-bond acceptors (Lipinski definition) is 3. The van der Waals surface area contributed by atoms with Gasteiger partial charge in [-0.05, 0) is 55.9 Å². The van der Waals surface area contributed by atoms with E-state index >= 15 is 0 Å². The van der Waals surface area contributed by atoms with Gasteiger partial charge in [-0.1, -0.05) is 41.4 Å². The highest BCUT2D eigenvalue weighted by Crippen LogP contribution is 2.20. The molecule has 0 fully saturated rings. The Labute approximate surface area is 159 Å². The minimum atomic E-state index is -0.205. The molecule has 5 heteroatoms. The minimum Gasteiger partial charge on any atom is -0.383 e. The molecule has 0 atom stereocenters. The van der Waals surface area contributed by atoms with Gasteiger partial charge in [0.2, 0.25) is 0 Å². The molecular weight excluding hydrogens is 346 g/mol. The van der Waals surface area contributed by atoms with Gasteiger partial charge in [0.15, 0.2) is 0 Å². The quantitative estimate of drug-likeness (QED) is 0.677. The van der Waals surface area contributed by atoms with Crippen molar-refractivity contribution in [1.82, 2.24) is 10.3 Å². The van der Waals surface area contributed by atoms with E-state index in [1.54, 1.807) is 17.8 Å². The number of rotatable bonds is 7. The molecule has 1 aliphatic carbocycles. The average molecular weight is 370 g/mol. The molecule has 1 aromatic heterocycles. The number of halogens is 1. The van der Waals surface area contributed by atoms with Gasteiger partial charge in [0.05, 0.1) is 11.9 Å². The summed E-state index contributed by atoms with van der Waals surface area (Å²) in [6, 6.07) is 11.1. The number of benzene rings is 1. The van der Waals surface area contributed by atoms with Gasteiger partial charge in [-0.2, -0.15) is 0 Å². The van der Waals surface area contributed by atoms with Crippen molar-refractivity contribution in [3.63, 3.8) is 0 Å². The van der Waals surface area contributed by atoms with E-state index in [-0.39, 0.29) is 5.91 Å². The van der Waals surface area contributed by atoms with Crippen LogP contribution in [0.15, 0.2) is 54.2 Å². The highest BCUT2D eigenvalue weighted by Gasteiger charge is 2.08. The van der Waals surface area contributed by atoms with E-state index in [0.717, 1.165) is 24.2 Å². The standard InChI is InChI=1S/C21H24ClN3O/c22-19-9-5-4-8-17(19)14-25-21(26)20-11-10-18(15-24-20)23-13-12-16-6-2-1-3-7-16/h4-6,8-11,15,23H,1-3,7,12-14H2,(H,25,26). The molecule has 0 saturated heterocycles. The van der Waals surface area contributed by atoms with Crippen molar-refractivity contribution in [2.45, 2.75) is 38.6 Å². The number of pyridine rings is 1. The maximum atomic E-state index is 12.2. The molecule has 1 amide bonds. The Kier molecular flexibility index (Phi) is 6.67. The Hall–Kier alpha value is -2.33. The highest BCUT2D eigenvalue weighted by atomic mass is 35.5. The van der Waals surface area contributed by atoms with Crippen LogP contribution in [0.25, 0.3) is 0 Å². The molecule has 0 saturated carbocycles. The number of nitrogens with zero attached hydrogens (tertiary/aromatic N) is 1. The van der Waals surface area contributed by atoms with Crippen molar-refractivity contribution >= 4 is 23.2 Å². The van der Waals surface area contributed by atoms with Crippen LogP contribution < -0.4 is 10.6 Å². The van der Waals surface area contributed by atoms with Gasteiger partial charge in [-0.3, -0.25) is 4.79 Å². The van der Waals surface area contributed by atoms with Crippen LogP contribution in [0.1, 0.15) is 48.2 Å². The summed E-state index contributed by atoms with van der Waals surface area (Å²) in [5.41, 5.74) is 3.77. The topological polar surface area (TPSA) is 54.0 Å². The van der Waals surface area contributed by atoms with Crippen LogP contribution in [0, 0.1) is 0 Å². The maximum Gasteiger partial charge on any atom is 0.270 e. The van der Waals surface area contributed by atoms with Crippen molar-refractivity contribution in [3.8, 4) is 0 Å². The molecule has 136 valence electrons. The molecule has 4 nitrogen and oxygen atoms in total. The first kappa shape index (κ1) is 18.5. The number of hydrogen-bond donors (Lipinski definition) is 2. The molecule has 0 spiro atoms. The smallest absolute Gasteiger partial charge is 0.270 e. The first-order valence-electron chi connectivity index (χ1n) is 9.12. The Morgan fingerprint density at radius 3 is 2.77 bits per heavy atom. The van der Waals surface area contributed by atoms with Crippen LogP contribution in [0.5, 0.6) is 0 Å². The second kappa shape index (κ2) is 9.39. The summed E-state index contributed by atoms with van der Waals surface area (Å²) < 4.78 is 0. The SMILES string of the molecule is O=C(NCc1ccccc1Cl)c1ccc(NCCC2=CCCCC2)cn1. The maximum absolute atomic E-state index is 12.2. The van der Waals surface area contributed by atoms with Crippen LogP contribution >= 0.6 is 11.6 Å². The lowest BCUT2D eigenvalue weighted by Crippen LogP contribution is -2.23. The van der Waals surface area contributed by atoms with Crippen LogP contribution in [-0.2, 0) is 6.54 Å². The summed E-state index contributed by atoms with van der Waals surface area (Å²) in [6.45, 7) is 1.28. The molecule has 3 rings (SSSR count). The molecule has 2 N–H and O–H groups in total. The van der Waals surface area contributed by atoms with Crippen molar-refractivity contribution in [1.29, 1.82) is 0 Å². The summed E-state index contributed by atoms with van der Waals surface area (Å²) >= 11 is 6.10. The molecule has 2 aromatic rings. The predicted octanol–water partition coefficient (Wildman–Crippen LogP) is 4.97. The second-order valence-electron chi connectivity index (χ2n) is 6.49. The number of carbonyl (C=O) groups is 1. The van der Waals surface area contributed by atoms with Crippen LogP contribution in [0.2, 0.25) is 5.02 Å². The van der Waals surface area contributed by atoms with Gasteiger partial charge in [0, 0.05) is 18.1 Å². The molecule has 0 radical (unpaired) electrons. The molecule has 1 heterocycles. The Balaban J connectivity index is 1.46. The molecule has 1 aliphatic rings. The number of aromatic nitrogens is 1. The molecule has 1 aromatic carbocycles. The molecule has 26 heavy (non-hydrogen) atoms. The number of anilines is 1. The number of amides is 1. The van der Waals surface area contributed by atoms with Crippen molar-refractivity contribution in [2.24, 2.45) is 0 Å². The summed E-state index contributed by atoms with van der Waals surface area (Å²) in [4.78, 5) is 16.5. The number of nitrogens with one attached hydrogen (secondary N) is 2. The molecule has 0 aliphatic heterocycles. The van der Waals surface area contributed by atoms with Crippen LogP contribution in [-0.4, -0.2) is 17.4 Å². The third-order valence-corrected chi connectivity index (χ3v) is 4.92. The first-order valence-corrected chi connectivity index (χ1v) is 9.49. The fourth-order valence-corrected chi connectivity index (χ4v) is 3.24. The zero-order valence-electron chi connectivity index (χ0n) is 14.8. The molecule has 0 bridgehead atoms. The van der Waals surface area contributed by atoms with Gasteiger partial charge >= 0.3 is 0 Å². The summed E-state index contributed by atoms with van der Waals surface area (Å²) in [5.74, 6) is -0.205. The van der Waals surface area contributed by atoms with E-state index < -0.39 is 0 Å². The Morgan fingerprint density at radius 2 is 2.04 bits per heavy atom. The second-order valence-corrected chi connectivity index (χ2v) is 6.90. The lowest BCUT2D eigenvalue weighted by molar-refractivity contribution is 0.0946. The van der Waals surface area contributed by atoms with E-state index in [1.807, 2.05) is 30.3 Å². The molecule has 0 unspecified atom stereocenters. The van der Waals surface area contributed by atoms with Gasteiger partial charge in [0.25, 0.3) is 5.91 Å². The Morgan fingerprint density at radius 1 is 1.15 bits per heavy atom. The zero-order chi connectivity index (χ0) is 18.2. The Bertz CT molecular complexity index is 771. The zero-order valence-corrected chi connectivity index (χ0v) is 15.6. The summed E-state index contributed by atoms with van der Waals surface area (Å²) in [5, 5.41) is 6.87. The van der Waals surface area contributed by atoms with Gasteiger partial charge in [-0.25, -0.2) is 4.98 Å². The third-order valence-electron chi connectivity index (χ3n) is 4.55. The first-order chi connectivity index (χ1) is 12.7. The van der Waals surface area contributed by atoms with Gasteiger partial charge in [-0.15, -0.1) is 0 Å². The molecular formula is C21H24ClN3O. The lowest BCUT2D eigenvalue weighted by Gasteiger charge is -2.13. The summed E-state index contributed by atoms with van der Waals surface area (Å²) in [6.07, 6.45) is 10.2. The van der Waals surface area contributed by atoms with E-state index in [4.69, 9.17) is 11.6 Å². The van der Waals surface area contributed by atoms with Crippen molar-refractivity contribution < 1.29 is 4.79 Å². The average Bonchev–Trinajstić information content (AvgIpc) is 2.68. The predicted molar refractivity (Wildman–Crippen MR) is 107 cm³/mol. The van der Waals surface area contributed by atoms with Crippen LogP contribution in [0.3, 0.4) is 0 Å². The van der Waals surface area contributed by atoms with Gasteiger partial charge in [0.1, 0.15) is 5.69 Å². The van der Waals surface area contributed by atoms with Gasteiger partial charge < -0.3 is 10.6 Å². The fraction of sp³-hybridized carbons (Fsp3) is 0.333. The van der Waals surface area contributed by atoms with E-state index in [1.165, 1.54) is 25.7 Å². The minimum absolute atomic E-state index is 0.205. The van der Waals surface area contributed by atoms with E-state index in [2.05, 4.69) is 21.7 Å². The van der Waals surface area contributed by atoms with Crippen LogP contribution in [0.4, 0.5) is 5.69 Å². The van der Waals surface area contributed by atoms with E-state index in [9.17, 15) is 4.79 Å². The van der Waals surface area contributed by atoms with E-state index in [0.29, 0.717) is 17.3 Å². The lowest BCUT2D eigenvalue weighted by atomic mass is 9.97. The monoisotopic (exact) mass is 369 g/mol. The highest BCUT2D eigenvalue weighted by molar-refractivity contribution is 6.31. The number of carbonyl (C=O) groups excluding carboxylic acids is 1. The third kappa shape index (κ3) is 5.33. The van der Waals surface area contributed by atoms with Crippen molar-refractivity contribution in [3.05, 3.63) is 70.5 Å². The largest absolute Gasteiger partial charge is 0.383 e. The normalized spacial score (nSPS) is 13.8. The fourth-order valence-electron chi connectivity index (χ4n) is 3.04.